The molecule has 0 aromatic rings. The molecule has 0 bridgehead atoms. The molecule has 0 spiro atoms. The van der Waals surface area contributed by atoms with Gasteiger partial charge in [-0.2, -0.15) is 0 Å². The van der Waals surface area contributed by atoms with Crippen molar-refractivity contribution < 1.29 is 16.0 Å². The van der Waals surface area contributed by atoms with Gasteiger partial charge in [0.2, 0.25) is 0 Å². The van der Waals surface area contributed by atoms with E-state index < -0.39 is 2.69 Å². The molecule has 0 atom stereocenters. The number of hydrogen-bond acceptors (Lipinski definition) is 0. The van der Waals surface area contributed by atoms with E-state index in [1.54, 1.807) is 0 Å². The zero-order valence-electron chi connectivity index (χ0n) is 1.94. The molecule has 0 fully saturated rings. The molecule has 0 aromatic carbocycles. The predicted molar refractivity (Wildman–Crippen MR) is 20.3 cm³/mol. The third-order valence-electron chi connectivity index (χ3n) is 0. The monoisotopic (exact) mass is 180 g/mol. The number of rotatable bonds is 0. The molecule has 0 nitrogen and oxygen atoms in total. The Bertz CT molecular complexity index is 22.4. The molecule has 0 saturated carbocycles. The first-order valence-electron chi connectivity index (χ1n) is 0.718. The molecule has 0 aliphatic rings. The molecule has 0 aromatic heterocycles. The van der Waals surface area contributed by atoms with Gasteiger partial charge in [0.15, 0.2) is 0 Å². The average Bonchev–Trinajstić information content (AvgIpc) is 0.722. The molecule has 0 unspecified atom stereocenters. The Morgan fingerprint density at radius 2 is 1.20 bits per heavy atom. The van der Waals surface area contributed by atoms with Crippen LogP contribution in [-0.2, 0) is 16.0 Å². The number of alkyl halides is 3. The third kappa shape index (κ3) is 32.1. The van der Waals surface area contributed by atoms with Gasteiger partial charge in [0, 0.05) is 0 Å². The summed E-state index contributed by atoms with van der Waals surface area (Å²) in [7, 11) is 0. The second-order valence-corrected chi connectivity index (χ2v) is 4.04. The summed E-state index contributed by atoms with van der Waals surface area (Å²) in [6.07, 6.45) is 0. The van der Waals surface area contributed by atoms with Crippen LogP contribution >= 0.6 is 34.8 Å². The molecule has 36 valence electrons. The van der Waals surface area contributed by atoms with Gasteiger partial charge in [-0.25, -0.2) is 0 Å². The summed E-state index contributed by atoms with van der Waals surface area (Å²) in [6.45, 7) is 0. The van der Waals surface area contributed by atoms with Crippen molar-refractivity contribution >= 4 is 34.8 Å². The van der Waals surface area contributed by atoms with Crippen LogP contribution in [0.2, 0.25) is 0 Å². The van der Waals surface area contributed by atoms with E-state index in [1.165, 1.54) is 0 Å². The van der Waals surface area contributed by atoms with Crippen molar-refractivity contribution in [1.82, 2.24) is 0 Å². The van der Waals surface area contributed by atoms with Gasteiger partial charge < -0.3 is 0 Å². The normalized spacial score (nSPS) is 12.2. The molecule has 0 aliphatic carbocycles. The first kappa shape index (κ1) is 6.39. The molecule has 4 heteroatoms. The topological polar surface area (TPSA) is 0 Å². The zero-order valence-corrected chi connectivity index (χ0v) is 5.14. The van der Waals surface area contributed by atoms with Crippen LogP contribution in [0.25, 0.3) is 0 Å². The summed E-state index contributed by atoms with van der Waals surface area (Å²) in [5, 5.41) is 0. The molecule has 0 aliphatic heterocycles. The Balaban J connectivity index is 3.02. The van der Waals surface area contributed by atoms with E-state index in [-0.39, 0.29) is 0 Å². The molecule has 5 heavy (non-hydrogen) atoms. The third-order valence-corrected chi connectivity index (χ3v) is 0. The first-order chi connectivity index (χ1) is 2.00. The van der Waals surface area contributed by atoms with Gasteiger partial charge in [-0.15, -0.1) is 0 Å². The van der Waals surface area contributed by atoms with Gasteiger partial charge in [-0.1, -0.05) is 0 Å². The van der Waals surface area contributed by atoms with Crippen molar-refractivity contribution in [3.63, 3.8) is 0 Å². The van der Waals surface area contributed by atoms with Gasteiger partial charge in [0.25, 0.3) is 0 Å². The van der Waals surface area contributed by atoms with Crippen LogP contribution in [0.1, 0.15) is 0 Å². The van der Waals surface area contributed by atoms with Gasteiger partial charge in [-0.05, 0) is 0 Å². The zero-order chi connectivity index (χ0) is 4.50. The van der Waals surface area contributed by atoms with E-state index in [0.717, 1.165) is 0 Å². The Kier molecular flexibility index (Phi) is 2.43. The van der Waals surface area contributed by atoms with Crippen molar-refractivity contribution in [1.29, 1.82) is 0 Å². The van der Waals surface area contributed by atoms with E-state index in [0.29, 0.717) is 0 Å². The van der Waals surface area contributed by atoms with Crippen LogP contribution in [0.15, 0.2) is 0 Å². The average molecular weight is 182 g/mol. The predicted octanol–water partition coefficient (Wildman–Crippen LogP) is 1.86. The molecule has 0 amide bonds. The SMILES string of the molecule is Cl[C](Cl)(Cl)[Cu]. The quantitative estimate of drug-likeness (QED) is 0.396. The van der Waals surface area contributed by atoms with Crippen LogP contribution in [-0.4, -0.2) is 2.69 Å². The van der Waals surface area contributed by atoms with E-state index in [2.05, 4.69) is 16.0 Å². The fraction of sp³-hybridized carbons (Fsp3) is 1.00. The van der Waals surface area contributed by atoms with Gasteiger partial charge in [-0.3, -0.25) is 0 Å². The maximum atomic E-state index is 4.87. The fourth-order valence-corrected chi connectivity index (χ4v) is 0. The van der Waals surface area contributed by atoms with Crippen LogP contribution in [0.5, 0.6) is 0 Å². The molecule has 0 N–H and O–H groups in total. The van der Waals surface area contributed by atoms with Crippen molar-refractivity contribution in [2.24, 2.45) is 0 Å². The molecular formula is CCl3Cu. The van der Waals surface area contributed by atoms with Gasteiger partial charge in [0.05, 0.1) is 0 Å². The Labute approximate surface area is 53.6 Å². The van der Waals surface area contributed by atoms with E-state index in [4.69, 9.17) is 34.8 Å². The van der Waals surface area contributed by atoms with Crippen molar-refractivity contribution in [2.75, 3.05) is 0 Å². The summed E-state index contributed by atoms with van der Waals surface area (Å²) < 4.78 is -1.52. The summed E-state index contributed by atoms with van der Waals surface area (Å²) in [5.41, 5.74) is 0. The van der Waals surface area contributed by atoms with Crippen LogP contribution in [0.3, 0.4) is 0 Å². The standard InChI is InChI=1S/CCl3.Cu/c2-1(3)4;. The van der Waals surface area contributed by atoms with E-state index >= 15 is 0 Å². The Morgan fingerprint density at radius 1 is 1.20 bits per heavy atom. The molecule has 0 rings (SSSR count). The Morgan fingerprint density at radius 3 is 1.20 bits per heavy atom. The first-order valence-corrected chi connectivity index (χ1v) is 2.32. The minimum atomic E-state index is -1.52. The summed E-state index contributed by atoms with van der Waals surface area (Å²) in [4.78, 5) is 0. The van der Waals surface area contributed by atoms with Crippen molar-refractivity contribution in [3.05, 3.63) is 0 Å². The van der Waals surface area contributed by atoms with Crippen LogP contribution < -0.4 is 0 Å². The maximum absolute atomic E-state index is 4.87. The van der Waals surface area contributed by atoms with Gasteiger partial charge in [0.1, 0.15) is 0 Å². The fourth-order valence-electron chi connectivity index (χ4n) is 0. The van der Waals surface area contributed by atoms with Crippen LogP contribution in [0, 0.1) is 0 Å². The second kappa shape index (κ2) is 1.90. The van der Waals surface area contributed by atoms with Crippen molar-refractivity contribution in [2.45, 2.75) is 2.69 Å². The van der Waals surface area contributed by atoms with Crippen LogP contribution in [0.4, 0.5) is 0 Å². The minimum absolute atomic E-state index is 1.52. The van der Waals surface area contributed by atoms with Crippen molar-refractivity contribution in [3.8, 4) is 0 Å². The number of halogens is 3. The second-order valence-electron chi connectivity index (χ2n) is 0.385. The molecular weight excluding hydrogens is 182 g/mol. The number of hydrogen-bond donors (Lipinski definition) is 0. The van der Waals surface area contributed by atoms with E-state index in [1.807, 2.05) is 0 Å². The summed E-state index contributed by atoms with van der Waals surface area (Å²) in [6, 6.07) is 0. The molecule has 0 saturated heterocycles. The van der Waals surface area contributed by atoms with E-state index in [9.17, 15) is 0 Å². The summed E-state index contributed by atoms with van der Waals surface area (Å²) >= 11 is 18.9. The van der Waals surface area contributed by atoms with Gasteiger partial charge >= 0.3 is 53.5 Å². The molecule has 0 heterocycles. The Hall–Kier alpha value is 1.39. The molecule has 0 radical (unpaired) electrons. The summed E-state index contributed by atoms with van der Waals surface area (Å²) in [5.74, 6) is 0.